The molecule has 0 radical (unpaired) electrons. The molecule has 1 saturated carbocycles. The summed E-state index contributed by atoms with van der Waals surface area (Å²) in [5.41, 5.74) is 1.16. The normalized spacial score (nSPS) is 21.5. The number of halogens is 3. The molecule has 0 spiro atoms. The van der Waals surface area contributed by atoms with Gasteiger partial charge in [-0.2, -0.15) is 18.2 Å². The lowest BCUT2D eigenvalue weighted by Gasteiger charge is -2.42. The van der Waals surface area contributed by atoms with Crippen molar-refractivity contribution in [3.05, 3.63) is 64.8 Å². The Morgan fingerprint density at radius 1 is 1.08 bits per heavy atom. The number of alkyl halides is 3. The Balaban J connectivity index is 1.27. The first-order valence-electron chi connectivity index (χ1n) is 16.9. The van der Waals surface area contributed by atoms with E-state index in [9.17, 15) is 26.4 Å². The Bertz CT molecular complexity index is 1810. The second-order valence-corrected chi connectivity index (χ2v) is 15.4. The van der Waals surface area contributed by atoms with Crippen molar-refractivity contribution in [2.45, 2.75) is 83.5 Å². The quantitative estimate of drug-likeness (QED) is 0.225. The maximum absolute atomic E-state index is 14.0. The Morgan fingerprint density at radius 2 is 1.76 bits per heavy atom. The van der Waals surface area contributed by atoms with Gasteiger partial charge in [-0.05, 0) is 81.8 Å². The van der Waals surface area contributed by atoms with Crippen LogP contribution in [-0.2, 0) is 27.5 Å². The van der Waals surface area contributed by atoms with Crippen molar-refractivity contribution in [2.24, 2.45) is 0 Å². The number of rotatable bonds is 11. The van der Waals surface area contributed by atoms with E-state index in [-0.39, 0.29) is 42.4 Å². The molecule has 3 aromatic rings. The van der Waals surface area contributed by atoms with Crippen molar-refractivity contribution >= 4 is 39.1 Å². The number of carbonyl (C=O) groups is 1. The molecule has 2 fully saturated rings. The fourth-order valence-electron chi connectivity index (χ4n) is 6.68. The summed E-state index contributed by atoms with van der Waals surface area (Å²) >= 11 is 0. The maximum atomic E-state index is 14.0. The summed E-state index contributed by atoms with van der Waals surface area (Å²) in [6.45, 7) is 7.66. The third-order valence-corrected chi connectivity index (χ3v) is 10.5. The molecule has 0 bridgehead atoms. The summed E-state index contributed by atoms with van der Waals surface area (Å²) in [5.74, 6) is -0.630. The van der Waals surface area contributed by atoms with Gasteiger partial charge in [-0.15, -0.1) is 0 Å². The second-order valence-electron chi connectivity index (χ2n) is 13.4. The van der Waals surface area contributed by atoms with Gasteiger partial charge < -0.3 is 25.4 Å². The number of nitrogens with one attached hydrogen (secondary N) is 3. The summed E-state index contributed by atoms with van der Waals surface area (Å²) in [7, 11) is -0.837. The number of hydrogen-bond donors (Lipinski definition) is 3. The van der Waals surface area contributed by atoms with Crippen molar-refractivity contribution in [2.75, 3.05) is 48.4 Å². The molecule has 2 atom stereocenters. The highest BCUT2D eigenvalue weighted by Gasteiger charge is 2.36. The van der Waals surface area contributed by atoms with Gasteiger partial charge in [0.05, 0.1) is 36.9 Å². The van der Waals surface area contributed by atoms with Gasteiger partial charge in [0.2, 0.25) is 16.0 Å². The molecule has 12 nitrogen and oxygen atoms in total. The van der Waals surface area contributed by atoms with E-state index in [1.807, 2.05) is 0 Å². The molecule has 2 aliphatic rings. The summed E-state index contributed by atoms with van der Waals surface area (Å²) in [4.78, 5) is 23.7. The van der Waals surface area contributed by atoms with Crippen LogP contribution in [-0.4, -0.2) is 87.0 Å². The largest absolute Gasteiger partial charge is 0.495 e. The number of aromatic nitrogens is 2. The standard InChI is InChI=1S/C35H46F3N7O5S/c1-21-7-8-25(30(15-21)44(4)51(6,47)48)17-39-32-28(35(36,37)38)18-40-34(43-32)42-29-14-9-24(16-31(29)49-5)33(46)41-26-10-12-27(13-11-26)45-19-22(2)50-23(3)20-45/h7-9,14-16,18,22-23,26-27H,10-13,17,19-20H2,1-6H3,(H,41,46)(H2,39,40,42,43)/t22-,23+,26?,27?. The minimum atomic E-state index is -4.77. The summed E-state index contributed by atoms with van der Waals surface area (Å²) < 4.78 is 78.9. The van der Waals surface area contributed by atoms with Crippen LogP contribution in [0, 0.1) is 6.92 Å². The Kier molecular flexibility index (Phi) is 11.7. The maximum Gasteiger partial charge on any atom is 0.421 e. The molecule has 0 unspecified atom stereocenters. The molecule has 1 aromatic heterocycles. The Labute approximate surface area is 297 Å². The highest BCUT2D eigenvalue weighted by Crippen LogP contribution is 2.36. The number of carbonyl (C=O) groups excluding carboxylic acids is 1. The summed E-state index contributed by atoms with van der Waals surface area (Å²) in [6, 6.07) is 10.3. The molecular weight excluding hydrogens is 687 g/mol. The predicted molar refractivity (Wildman–Crippen MR) is 190 cm³/mol. The fraction of sp³-hybridized carbons (Fsp3) is 0.514. The van der Waals surface area contributed by atoms with Gasteiger partial charge in [0, 0.05) is 50.5 Å². The van der Waals surface area contributed by atoms with Gasteiger partial charge >= 0.3 is 6.18 Å². The van der Waals surface area contributed by atoms with Crippen molar-refractivity contribution < 1.29 is 35.9 Å². The molecule has 1 saturated heterocycles. The van der Waals surface area contributed by atoms with E-state index in [2.05, 4.69) is 44.7 Å². The van der Waals surface area contributed by atoms with Gasteiger partial charge in [0.25, 0.3) is 5.91 Å². The third kappa shape index (κ3) is 9.60. The molecule has 278 valence electrons. The fourth-order valence-corrected chi connectivity index (χ4v) is 7.21. The number of aryl methyl sites for hydroxylation is 1. The Hall–Kier alpha value is -4.15. The number of benzene rings is 2. The van der Waals surface area contributed by atoms with Crippen LogP contribution in [0.15, 0.2) is 42.6 Å². The first-order chi connectivity index (χ1) is 24.0. The first kappa shape index (κ1) is 38.1. The van der Waals surface area contributed by atoms with E-state index < -0.39 is 27.6 Å². The van der Waals surface area contributed by atoms with Gasteiger partial charge in [-0.25, -0.2) is 13.4 Å². The van der Waals surface area contributed by atoms with Crippen LogP contribution in [0.1, 0.15) is 66.6 Å². The molecule has 1 aliphatic carbocycles. The molecular formula is C35H46F3N7O5S. The number of amides is 1. The summed E-state index contributed by atoms with van der Waals surface area (Å²) in [6.07, 6.45) is 1.07. The first-order valence-corrected chi connectivity index (χ1v) is 18.7. The molecule has 2 aromatic carbocycles. The van der Waals surface area contributed by atoms with E-state index in [1.54, 1.807) is 43.3 Å². The van der Waals surface area contributed by atoms with Crippen LogP contribution >= 0.6 is 0 Å². The third-order valence-electron chi connectivity index (χ3n) is 9.32. The highest BCUT2D eigenvalue weighted by molar-refractivity contribution is 7.92. The van der Waals surface area contributed by atoms with Crippen LogP contribution < -0.4 is 25.0 Å². The molecule has 5 rings (SSSR count). The van der Waals surface area contributed by atoms with Gasteiger partial charge in [0.1, 0.15) is 17.1 Å². The molecule has 1 amide bonds. The lowest BCUT2D eigenvalue weighted by molar-refractivity contribution is -0.137. The topological polar surface area (TPSA) is 138 Å². The van der Waals surface area contributed by atoms with Crippen LogP contribution in [0.4, 0.5) is 36.3 Å². The van der Waals surface area contributed by atoms with Crippen molar-refractivity contribution in [3.8, 4) is 5.75 Å². The van der Waals surface area contributed by atoms with E-state index in [0.717, 1.165) is 54.9 Å². The van der Waals surface area contributed by atoms with Crippen LogP contribution in [0.2, 0.25) is 0 Å². The van der Waals surface area contributed by atoms with Gasteiger partial charge in [-0.3, -0.25) is 14.0 Å². The molecule has 1 aliphatic heterocycles. The predicted octanol–water partition coefficient (Wildman–Crippen LogP) is 5.71. The number of anilines is 4. The minimum absolute atomic E-state index is 0.0441. The zero-order chi connectivity index (χ0) is 37.1. The number of methoxy groups -OCH3 is 1. The van der Waals surface area contributed by atoms with Crippen molar-refractivity contribution in [1.82, 2.24) is 20.2 Å². The average molecular weight is 734 g/mol. The zero-order valence-electron chi connectivity index (χ0n) is 29.7. The SMILES string of the molecule is COc1cc(C(=O)NC2CCC(N3C[C@@H](C)O[C@@H](C)C3)CC2)ccc1Nc1ncc(C(F)(F)F)c(NCc2ccc(C)cc2N(C)S(C)(=O)=O)n1. The zero-order valence-corrected chi connectivity index (χ0v) is 30.5. The van der Waals surface area contributed by atoms with E-state index >= 15 is 0 Å². The highest BCUT2D eigenvalue weighted by atomic mass is 32.2. The number of nitrogens with zero attached hydrogens (tertiary/aromatic N) is 4. The lowest BCUT2D eigenvalue weighted by Crippen LogP contribution is -2.52. The number of sulfonamides is 1. The lowest BCUT2D eigenvalue weighted by atomic mass is 9.89. The smallest absolute Gasteiger partial charge is 0.421 e. The molecule has 3 N–H and O–H groups in total. The van der Waals surface area contributed by atoms with Crippen molar-refractivity contribution in [1.29, 1.82) is 0 Å². The monoisotopic (exact) mass is 733 g/mol. The van der Waals surface area contributed by atoms with Crippen LogP contribution in [0.3, 0.4) is 0 Å². The minimum Gasteiger partial charge on any atom is -0.495 e. The molecule has 2 heterocycles. The second kappa shape index (κ2) is 15.6. The molecule has 16 heteroatoms. The van der Waals surface area contributed by atoms with E-state index in [1.165, 1.54) is 14.2 Å². The van der Waals surface area contributed by atoms with E-state index in [4.69, 9.17) is 9.47 Å². The van der Waals surface area contributed by atoms with Crippen LogP contribution in [0.5, 0.6) is 5.75 Å². The number of ether oxygens (including phenoxy) is 2. The number of morpholine rings is 1. The number of hydrogen-bond acceptors (Lipinski definition) is 10. The van der Waals surface area contributed by atoms with Crippen LogP contribution in [0.25, 0.3) is 0 Å². The average Bonchev–Trinajstić information content (AvgIpc) is 3.06. The summed E-state index contributed by atoms with van der Waals surface area (Å²) in [5, 5.41) is 8.76. The molecule has 51 heavy (non-hydrogen) atoms. The van der Waals surface area contributed by atoms with Crippen molar-refractivity contribution in [3.63, 3.8) is 0 Å². The van der Waals surface area contributed by atoms with Gasteiger partial charge in [-0.1, -0.05) is 12.1 Å². The van der Waals surface area contributed by atoms with E-state index in [0.29, 0.717) is 34.7 Å². The van der Waals surface area contributed by atoms with Gasteiger partial charge in [0.15, 0.2) is 0 Å². The Morgan fingerprint density at radius 3 is 2.39 bits per heavy atom.